The van der Waals surface area contributed by atoms with Gasteiger partial charge in [-0.25, -0.2) is 4.21 Å². The van der Waals surface area contributed by atoms with Crippen LogP contribution in [0.1, 0.15) is 26.3 Å². The average Bonchev–Trinajstić information content (AvgIpc) is 2.52. The zero-order valence-electron chi connectivity index (χ0n) is 13.8. The largest absolute Gasteiger partial charge is 0.493 e. The van der Waals surface area contributed by atoms with Crippen LogP contribution in [0.5, 0.6) is 17.2 Å². The third-order valence-corrected chi connectivity index (χ3v) is 4.32. The minimum Gasteiger partial charge on any atom is -0.493 e. The molecular weight excluding hydrogens is 310 g/mol. The standard InChI is InChI=1S/C18H21NO3S/c1-18(2,3)23(20)19-13-14-8-7-9-15(12-14)22-17-11-6-5-10-16(17)21-4/h5-13H,1-4H3/t23-/m1/s1. The molecule has 0 saturated carbocycles. The number of hydrogen-bond acceptors (Lipinski definition) is 3. The van der Waals surface area contributed by atoms with Crippen LogP contribution >= 0.6 is 0 Å². The number of ether oxygens (including phenoxy) is 2. The fraction of sp³-hybridized carbons (Fsp3) is 0.278. The van der Waals surface area contributed by atoms with E-state index in [0.29, 0.717) is 17.2 Å². The monoisotopic (exact) mass is 331 g/mol. The molecule has 0 aliphatic heterocycles. The summed E-state index contributed by atoms with van der Waals surface area (Å²) in [6.07, 6.45) is 1.61. The summed E-state index contributed by atoms with van der Waals surface area (Å²) >= 11 is 0. The van der Waals surface area contributed by atoms with E-state index in [-0.39, 0.29) is 4.75 Å². The number of nitrogens with zero attached hydrogens (tertiary/aromatic N) is 1. The molecule has 2 aromatic rings. The van der Waals surface area contributed by atoms with Crippen LogP contribution in [0.15, 0.2) is 52.9 Å². The van der Waals surface area contributed by atoms with Crippen LogP contribution in [0.4, 0.5) is 0 Å². The Balaban J connectivity index is 2.17. The van der Waals surface area contributed by atoms with Crippen molar-refractivity contribution in [1.29, 1.82) is 0 Å². The van der Waals surface area contributed by atoms with Gasteiger partial charge in [-0.3, -0.25) is 0 Å². The van der Waals surface area contributed by atoms with Crippen molar-refractivity contribution < 1.29 is 13.7 Å². The van der Waals surface area contributed by atoms with Crippen molar-refractivity contribution in [1.82, 2.24) is 0 Å². The van der Waals surface area contributed by atoms with Gasteiger partial charge < -0.3 is 9.47 Å². The van der Waals surface area contributed by atoms with Gasteiger partial charge in [-0.1, -0.05) is 24.3 Å². The molecule has 1 atom stereocenters. The number of para-hydroxylation sites is 2. The molecule has 0 aromatic heterocycles. The van der Waals surface area contributed by atoms with E-state index in [0.717, 1.165) is 5.56 Å². The SMILES string of the molecule is COc1ccccc1Oc1cccc(C=N[S@](=O)C(C)(C)C)c1. The summed E-state index contributed by atoms with van der Waals surface area (Å²) in [4.78, 5) is 0. The number of rotatable bonds is 5. The van der Waals surface area contributed by atoms with E-state index in [9.17, 15) is 4.21 Å². The Morgan fingerprint density at radius 2 is 1.74 bits per heavy atom. The lowest BCUT2D eigenvalue weighted by molar-refractivity contribution is 0.379. The zero-order chi connectivity index (χ0) is 16.9. The summed E-state index contributed by atoms with van der Waals surface area (Å²) in [5.74, 6) is 1.97. The maximum atomic E-state index is 12.0. The lowest BCUT2D eigenvalue weighted by Gasteiger charge is -2.13. The first-order valence-corrected chi connectivity index (χ1v) is 8.38. The van der Waals surface area contributed by atoms with Gasteiger partial charge in [0.1, 0.15) is 16.7 Å². The van der Waals surface area contributed by atoms with Gasteiger partial charge in [-0.05, 0) is 50.6 Å². The second-order valence-electron chi connectivity index (χ2n) is 5.92. The molecule has 0 aliphatic carbocycles. The van der Waals surface area contributed by atoms with Crippen LogP contribution in [-0.4, -0.2) is 22.3 Å². The molecule has 0 aliphatic rings. The van der Waals surface area contributed by atoms with Gasteiger partial charge in [0.05, 0.1) is 11.9 Å². The molecule has 0 radical (unpaired) electrons. The van der Waals surface area contributed by atoms with Crippen molar-refractivity contribution >= 4 is 17.2 Å². The maximum absolute atomic E-state index is 12.0. The van der Waals surface area contributed by atoms with Gasteiger partial charge in [0.25, 0.3) is 0 Å². The Bertz CT molecular complexity index is 720. The van der Waals surface area contributed by atoms with Gasteiger partial charge in [0.2, 0.25) is 0 Å². The van der Waals surface area contributed by atoms with E-state index in [1.165, 1.54) is 0 Å². The second-order valence-corrected chi connectivity index (χ2v) is 7.86. The number of methoxy groups -OCH3 is 1. The summed E-state index contributed by atoms with van der Waals surface area (Å²) in [5.41, 5.74) is 0.829. The summed E-state index contributed by atoms with van der Waals surface area (Å²) in [5, 5.41) is 0. The number of benzene rings is 2. The van der Waals surface area contributed by atoms with Crippen LogP contribution in [0.3, 0.4) is 0 Å². The minimum absolute atomic E-state index is 0.373. The second kappa shape index (κ2) is 7.42. The highest BCUT2D eigenvalue weighted by atomic mass is 32.2. The van der Waals surface area contributed by atoms with E-state index in [4.69, 9.17) is 9.47 Å². The van der Waals surface area contributed by atoms with Crippen molar-refractivity contribution in [2.45, 2.75) is 25.5 Å². The van der Waals surface area contributed by atoms with E-state index in [1.807, 2.05) is 69.3 Å². The molecule has 2 aromatic carbocycles. The van der Waals surface area contributed by atoms with Gasteiger partial charge in [-0.2, -0.15) is 4.40 Å². The third-order valence-electron chi connectivity index (χ3n) is 2.98. The fourth-order valence-corrected chi connectivity index (χ4v) is 2.29. The molecule has 2 rings (SSSR count). The highest BCUT2D eigenvalue weighted by molar-refractivity contribution is 7.85. The lowest BCUT2D eigenvalue weighted by Crippen LogP contribution is -2.19. The zero-order valence-corrected chi connectivity index (χ0v) is 14.6. The molecule has 0 spiro atoms. The van der Waals surface area contributed by atoms with Crippen LogP contribution in [0, 0.1) is 0 Å². The molecular formula is C18H21NO3S. The molecule has 0 amide bonds. The van der Waals surface area contributed by atoms with Crippen molar-refractivity contribution in [3.8, 4) is 17.2 Å². The third kappa shape index (κ3) is 4.93. The van der Waals surface area contributed by atoms with E-state index in [1.54, 1.807) is 13.3 Å². The summed E-state index contributed by atoms with van der Waals surface area (Å²) in [6.45, 7) is 5.67. The fourth-order valence-electron chi connectivity index (χ4n) is 1.76. The van der Waals surface area contributed by atoms with Crippen LogP contribution in [0.25, 0.3) is 0 Å². The van der Waals surface area contributed by atoms with E-state index < -0.39 is 11.0 Å². The molecule has 0 N–H and O–H groups in total. The Kier molecular flexibility index (Phi) is 5.55. The smallest absolute Gasteiger partial charge is 0.169 e. The maximum Gasteiger partial charge on any atom is 0.169 e. The van der Waals surface area contributed by atoms with Crippen LogP contribution in [0.2, 0.25) is 0 Å². The van der Waals surface area contributed by atoms with Crippen LogP contribution in [-0.2, 0) is 11.0 Å². The van der Waals surface area contributed by atoms with E-state index in [2.05, 4.69) is 4.40 Å². The molecule has 5 heteroatoms. The van der Waals surface area contributed by atoms with Gasteiger partial charge >= 0.3 is 0 Å². The van der Waals surface area contributed by atoms with Crippen molar-refractivity contribution in [2.24, 2.45) is 4.40 Å². The minimum atomic E-state index is -1.28. The van der Waals surface area contributed by atoms with Gasteiger partial charge in [0.15, 0.2) is 11.5 Å². The van der Waals surface area contributed by atoms with Crippen molar-refractivity contribution in [3.63, 3.8) is 0 Å². The van der Waals surface area contributed by atoms with Crippen LogP contribution < -0.4 is 9.47 Å². The highest BCUT2D eigenvalue weighted by Crippen LogP contribution is 2.31. The topological polar surface area (TPSA) is 47.9 Å². The summed E-state index contributed by atoms with van der Waals surface area (Å²) in [6, 6.07) is 14.9. The van der Waals surface area contributed by atoms with E-state index >= 15 is 0 Å². The number of hydrogen-bond donors (Lipinski definition) is 0. The normalized spacial score (nSPS) is 13.0. The molecule has 4 nitrogen and oxygen atoms in total. The van der Waals surface area contributed by atoms with Crippen molar-refractivity contribution in [2.75, 3.05) is 7.11 Å². The molecule has 122 valence electrons. The molecule has 0 heterocycles. The molecule has 0 saturated heterocycles. The predicted molar refractivity (Wildman–Crippen MR) is 95.0 cm³/mol. The molecule has 0 fully saturated rings. The van der Waals surface area contributed by atoms with Gasteiger partial charge in [0, 0.05) is 6.21 Å². The first-order chi connectivity index (χ1) is 10.9. The predicted octanol–water partition coefficient (Wildman–Crippen LogP) is 4.37. The Morgan fingerprint density at radius 3 is 2.39 bits per heavy atom. The Hall–Kier alpha value is -2.14. The molecule has 0 unspecified atom stereocenters. The first kappa shape index (κ1) is 17.2. The Labute approximate surface area is 139 Å². The van der Waals surface area contributed by atoms with Crippen molar-refractivity contribution in [3.05, 3.63) is 54.1 Å². The summed E-state index contributed by atoms with van der Waals surface area (Å²) in [7, 11) is 0.325. The molecule has 0 bridgehead atoms. The van der Waals surface area contributed by atoms with Gasteiger partial charge in [-0.15, -0.1) is 0 Å². The highest BCUT2D eigenvalue weighted by Gasteiger charge is 2.18. The molecule has 23 heavy (non-hydrogen) atoms. The summed E-state index contributed by atoms with van der Waals surface area (Å²) < 4.78 is 26.8. The average molecular weight is 331 g/mol. The lowest BCUT2D eigenvalue weighted by atomic mass is 10.2. The first-order valence-electron chi connectivity index (χ1n) is 7.27. The quantitative estimate of drug-likeness (QED) is 0.764. The Morgan fingerprint density at radius 1 is 1.04 bits per heavy atom.